The van der Waals surface area contributed by atoms with Crippen LogP contribution in [0.15, 0.2) is 47.5 Å². The fraction of sp³-hybridized carbons (Fsp3) is 0.458. The van der Waals surface area contributed by atoms with E-state index in [1.54, 1.807) is 20.3 Å². The summed E-state index contributed by atoms with van der Waals surface area (Å²) >= 11 is 0. The first-order valence-corrected chi connectivity index (χ1v) is 11.0. The van der Waals surface area contributed by atoms with Gasteiger partial charge < -0.3 is 30.0 Å². The van der Waals surface area contributed by atoms with Gasteiger partial charge in [-0.2, -0.15) is 0 Å². The fourth-order valence-electron chi connectivity index (χ4n) is 3.73. The Balaban J connectivity index is 0.00000385. The Morgan fingerprint density at radius 1 is 1.09 bits per heavy atom. The van der Waals surface area contributed by atoms with Crippen molar-refractivity contribution in [1.29, 1.82) is 0 Å². The summed E-state index contributed by atoms with van der Waals surface area (Å²) in [5.74, 6) is 2.11. The summed E-state index contributed by atoms with van der Waals surface area (Å²) < 4.78 is 16.1. The van der Waals surface area contributed by atoms with Crippen molar-refractivity contribution in [3.8, 4) is 17.2 Å². The molecule has 1 unspecified atom stereocenters. The quantitative estimate of drug-likeness (QED) is 0.243. The van der Waals surface area contributed by atoms with Gasteiger partial charge in [-0.05, 0) is 30.7 Å². The van der Waals surface area contributed by atoms with Crippen molar-refractivity contribution < 1.29 is 19.3 Å². The third-order valence-electron chi connectivity index (χ3n) is 5.50. The number of phenolic OH excluding ortho intramolecular Hbond substituents is 1. The highest BCUT2D eigenvalue weighted by Crippen LogP contribution is 2.29. The van der Waals surface area contributed by atoms with Crippen LogP contribution in [0.3, 0.4) is 0 Å². The maximum atomic E-state index is 10.3. The van der Waals surface area contributed by atoms with Crippen LogP contribution in [0.4, 0.5) is 0 Å². The summed E-state index contributed by atoms with van der Waals surface area (Å²) in [7, 11) is 3.22. The lowest BCUT2D eigenvalue weighted by molar-refractivity contribution is 0.0170. The van der Waals surface area contributed by atoms with E-state index in [1.165, 1.54) is 5.56 Å². The van der Waals surface area contributed by atoms with Crippen LogP contribution in [0.5, 0.6) is 17.2 Å². The number of para-hydroxylation sites is 1. The molecule has 0 radical (unpaired) electrons. The molecule has 1 fully saturated rings. The summed E-state index contributed by atoms with van der Waals surface area (Å²) in [6, 6.07) is 13.8. The van der Waals surface area contributed by atoms with Gasteiger partial charge in [0.25, 0.3) is 0 Å². The van der Waals surface area contributed by atoms with E-state index in [4.69, 9.17) is 14.2 Å². The highest BCUT2D eigenvalue weighted by Gasteiger charge is 2.23. The Bertz CT molecular complexity index is 873. The molecule has 1 saturated heterocycles. The second-order valence-corrected chi connectivity index (χ2v) is 7.48. The number of hydrogen-bond donors (Lipinski definition) is 3. The van der Waals surface area contributed by atoms with Gasteiger partial charge in [0.1, 0.15) is 5.75 Å². The maximum Gasteiger partial charge on any atom is 0.191 e. The van der Waals surface area contributed by atoms with Crippen LogP contribution in [-0.4, -0.2) is 69.6 Å². The van der Waals surface area contributed by atoms with E-state index in [1.807, 2.05) is 31.2 Å². The minimum atomic E-state index is 0. The number of hydrogen-bond acceptors (Lipinski definition) is 6. The number of nitrogens with one attached hydrogen (secondary N) is 2. The standard InChI is InChI=1S/C24H34N4O4.HI/c1-4-25-24(26-16-19-6-5-7-22(31-3)23(19)29)27-17-21(28-12-14-32-15-13-28)18-8-10-20(30-2)11-9-18;/h5-11,21,29H,4,12-17H2,1-3H3,(H2,25,26,27);1H. The third kappa shape index (κ3) is 7.65. The van der Waals surface area contributed by atoms with Gasteiger partial charge in [-0.3, -0.25) is 4.90 Å². The van der Waals surface area contributed by atoms with Crippen molar-refractivity contribution in [3.05, 3.63) is 53.6 Å². The van der Waals surface area contributed by atoms with Gasteiger partial charge in [0.15, 0.2) is 17.5 Å². The lowest BCUT2D eigenvalue weighted by atomic mass is 10.0. The summed E-state index contributed by atoms with van der Waals surface area (Å²) in [4.78, 5) is 7.10. The molecule has 2 aromatic rings. The fourth-order valence-corrected chi connectivity index (χ4v) is 3.73. The van der Waals surface area contributed by atoms with Crippen molar-refractivity contribution in [2.45, 2.75) is 19.5 Å². The van der Waals surface area contributed by atoms with E-state index < -0.39 is 0 Å². The van der Waals surface area contributed by atoms with Gasteiger partial charge in [-0.15, -0.1) is 24.0 Å². The van der Waals surface area contributed by atoms with Crippen LogP contribution in [0.25, 0.3) is 0 Å². The van der Waals surface area contributed by atoms with Gasteiger partial charge in [-0.25, -0.2) is 4.99 Å². The van der Waals surface area contributed by atoms with E-state index in [-0.39, 0.29) is 35.8 Å². The Kier molecular flexibility index (Phi) is 11.6. The largest absolute Gasteiger partial charge is 0.504 e. The maximum absolute atomic E-state index is 10.3. The van der Waals surface area contributed by atoms with E-state index in [0.29, 0.717) is 30.4 Å². The molecule has 0 aromatic heterocycles. The molecule has 9 heteroatoms. The van der Waals surface area contributed by atoms with Crippen LogP contribution in [0.1, 0.15) is 24.1 Å². The zero-order chi connectivity index (χ0) is 22.8. The summed E-state index contributed by atoms with van der Waals surface area (Å²) in [5.41, 5.74) is 1.92. The number of benzene rings is 2. The molecule has 0 saturated carbocycles. The van der Waals surface area contributed by atoms with Crippen molar-refractivity contribution in [2.75, 3.05) is 53.6 Å². The van der Waals surface area contributed by atoms with Gasteiger partial charge >= 0.3 is 0 Å². The van der Waals surface area contributed by atoms with Crippen molar-refractivity contribution in [1.82, 2.24) is 15.5 Å². The average Bonchev–Trinajstić information content (AvgIpc) is 2.84. The number of guanidine groups is 1. The smallest absolute Gasteiger partial charge is 0.191 e. The molecule has 3 rings (SSSR count). The minimum Gasteiger partial charge on any atom is -0.504 e. The van der Waals surface area contributed by atoms with Crippen LogP contribution >= 0.6 is 24.0 Å². The monoisotopic (exact) mass is 570 g/mol. The highest BCUT2D eigenvalue weighted by atomic mass is 127. The molecular formula is C24H35IN4O4. The molecule has 1 aliphatic rings. The van der Waals surface area contributed by atoms with Crippen LogP contribution in [0, 0.1) is 0 Å². The number of aliphatic imine (C=N–C) groups is 1. The second-order valence-electron chi connectivity index (χ2n) is 7.48. The van der Waals surface area contributed by atoms with E-state index in [0.717, 1.165) is 38.6 Å². The normalized spacial score (nSPS) is 15.3. The third-order valence-corrected chi connectivity index (χ3v) is 5.50. The van der Waals surface area contributed by atoms with Crippen molar-refractivity contribution in [3.63, 3.8) is 0 Å². The summed E-state index contributed by atoms with van der Waals surface area (Å²) in [5, 5.41) is 17.1. The van der Waals surface area contributed by atoms with E-state index in [2.05, 4.69) is 32.7 Å². The Hall–Kier alpha value is -2.24. The Morgan fingerprint density at radius 3 is 2.45 bits per heavy atom. The second kappa shape index (κ2) is 14.1. The zero-order valence-corrected chi connectivity index (χ0v) is 21.9. The van der Waals surface area contributed by atoms with E-state index >= 15 is 0 Å². The number of methoxy groups -OCH3 is 2. The number of rotatable bonds is 9. The lowest BCUT2D eigenvalue weighted by Crippen LogP contribution is -2.46. The van der Waals surface area contributed by atoms with Gasteiger partial charge in [0.05, 0.1) is 40.0 Å². The number of morpholine rings is 1. The van der Waals surface area contributed by atoms with Crippen LogP contribution < -0.4 is 20.1 Å². The molecule has 0 aliphatic carbocycles. The number of ether oxygens (including phenoxy) is 3. The lowest BCUT2D eigenvalue weighted by Gasteiger charge is -2.35. The van der Waals surface area contributed by atoms with Gasteiger partial charge in [0, 0.05) is 31.7 Å². The van der Waals surface area contributed by atoms with Crippen molar-refractivity contribution >= 4 is 29.9 Å². The molecular weight excluding hydrogens is 535 g/mol. The molecule has 0 bridgehead atoms. The van der Waals surface area contributed by atoms with E-state index in [9.17, 15) is 5.11 Å². The SMILES string of the molecule is CCNC(=NCc1cccc(OC)c1O)NCC(c1ccc(OC)cc1)N1CCOCC1.I. The molecule has 1 atom stereocenters. The summed E-state index contributed by atoms with van der Waals surface area (Å²) in [6.45, 7) is 7.01. The molecule has 1 heterocycles. The van der Waals surface area contributed by atoms with Crippen LogP contribution in [-0.2, 0) is 11.3 Å². The average molecular weight is 570 g/mol. The molecule has 0 spiro atoms. The molecule has 8 nitrogen and oxygen atoms in total. The van der Waals surface area contributed by atoms with Crippen molar-refractivity contribution in [2.24, 2.45) is 4.99 Å². The van der Waals surface area contributed by atoms with Gasteiger partial charge in [0.2, 0.25) is 0 Å². The first kappa shape index (κ1) is 27.0. The van der Waals surface area contributed by atoms with Gasteiger partial charge in [-0.1, -0.05) is 24.3 Å². The zero-order valence-electron chi connectivity index (χ0n) is 19.5. The first-order chi connectivity index (χ1) is 15.7. The number of phenols is 1. The highest BCUT2D eigenvalue weighted by molar-refractivity contribution is 14.0. The molecule has 33 heavy (non-hydrogen) atoms. The predicted molar refractivity (Wildman–Crippen MR) is 141 cm³/mol. The van der Waals surface area contributed by atoms with Crippen LogP contribution in [0.2, 0.25) is 0 Å². The molecule has 3 N–H and O–H groups in total. The Labute approximate surface area is 213 Å². The molecule has 1 aliphatic heterocycles. The molecule has 182 valence electrons. The topological polar surface area (TPSA) is 87.6 Å². The number of nitrogens with zero attached hydrogens (tertiary/aromatic N) is 2. The number of aromatic hydroxyl groups is 1. The molecule has 0 amide bonds. The minimum absolute atomic E-state index is 0. The first-order valence-electron chi connectivity index (χ1n) is 11.0. The summed E-state index contributed by atoms with van der Waals surface area (Å²) in [6.07, 6.45) is 0. The molecule has 2 aromatic carbocycles. The predicted octanol–water partition coefficient (Wildman–Crippen LogP) is 3.16. The Morgan fingerprint density at radius 2 is 1.82 bits per heavy atom. The number of halogens is 1.